The van der Waals surface area contributed by atoms with Crippen molar-refractivity contribution in [2.24, 2.45) is 0 Å². The van der Waals surface area contributed by atoms with Gasteiger partial charge in [0, 0.05) is 19.5 Å². The lowest BCUT2D eigenvalue weighted by Gasteiger charge is -2.26. The number of aromatic nitrogens is 3. The molecule has 7 heteroatoms. The Hall–Kier alpha value is -1.60. The Balaban J connectivity index is 1.82. The molecule has 0 aromatic carbocycles. The molecule has 1 aliphatic heterocycles. The number of thioether (sulfide) groups is 1. The number of hydrogen-bond donors (Lipinski definition) is 1. The highest BCUT2D eigenvalue weighted by Crippen LogP contribution is 2.17. The summed E-state index contributed by atoms with van der Waals surface area (Å²) in [4.78, 5) is 25.5. The average Bonchev–Trinajstić information content (AvgIpc) is 2.92. The molecule has 6 nitrogen and oxygen atoms in total. The highest BCUT2D eigenvalue weighted by Gasteiger charge is 2.21. The van der Waals surface area contributed by atoms with E-state index in [1.807, 2.05) is 6.26 Å². The largest absolute Gasteiger partial charge is 0.448 e. The lowest BCUT2D eigenvalue weighted by Crippen LogP contribution is -2.35. The van der Waals surface area contributed by atoms with Crippen molar-refractivity contribution in [2.45, 2.75) is 24.7 Å². The smallest absolute Gasteiger partial charge is 0.256 e. The summed E-state index contributed by atoms with van der Waals surface area (Å²) in [6.45, 7) is 2.07. The first-order valence-electron chi connectivity index (χ1n) is 6.03. The predicted octanol–water partition coefficient (Wildman–Crippen LogP) is 1.04. The maximum atomic E-state index is 12.0. The predicted molar refractivity (Wildman–Crippen MR) is 71.0 cm³/mol. The molecule has 0 radical (unpaired) electrons. The van der Waals surface area contributed by atoms with Gasteiger partial charge in [-0.15, -0.1) is 0 Å². The number of nitrogens with zero attached hydrogens (tertiary/aromatic N) is 3. The number of oxazole rings is 1. The summed E-state index contributed by atoms with van der Waals surface area (Å²) in [5, 5.41) is 0.685. The van der Waals surface area contributed by atoms with Gasteiger partial charge >= 0.3 is 0 Å². The molecule has 0 fully saturated rings. The van der Waals surface area contributed by atoms with Crippen molar-refractivity contribution in [3.63, 3.8) is 0 Å². The van der Waals surface area contributed by atoms with E-state index in [0.717, 1.165) is 24.2 Å². The van der Waals surface area contributed by atoms with Gasteiger partial charge in [0.2, 0.25) is 5.89 Å². The number of nitrogens with one attached hydrogen (secondary N) is 1. The van der Waals surface area contributed by atoms with Gasteiger partial charge in [0.05, 0.1) is 24.0 Å². The topological polar surface area (TPSA) is 75.0 Å². The zero-order valence-electron chi connectivity index (χ0n) is 10.5. The molecule has 2 aromatic heterocycles. The first-order valence-corrected chi connectivity index (χ1v) is 7.25. The molecule has 1 aliphatic rings. The van der Waals surface area contributed by atoms with Crippen molar-refractivity contribution in [1.29, 1.82) is 0 Å². The fourth-order valence-corrected chi connectivity index (χ4v) is 2.61. The van der Waals surface area contributed by atoms with E-state index in [1.54, 1.807) is 12.5 Å². The summed E-state index contributed by atoms with van der Waals surface area (Å²) >= 11 is 1.46. The van der Waals surface area contributed by atoms with Gasteiger partial charge in [-0.05, 0) is 6.26 Å². The second-order valence-corrected chi connectivity index (χ2v) is 5.18. The van der Waals surface area contributed by atoms with E-state index in [-0.39, 0.29) is 5.56 Å². The van der Waals surface area contributed by atoms with Crippen molar-refractivity contribution < 1.29 is 4.42 Å². The van der Waals surface area contributed by atoms with Crippen molar-refractivity contribution in [3.05, 3.63) is 40.0 Å². The molecule has 3 heterocycles. The van der Waals surface area contributed by atoms with Crippen molar-refractivity contribution in [3.8, 4) is 0 Å². The number of rotatable bonds is 3. The highest BCUT2D eigenvalue weighted by atomic mass is 32.2. The summed E-state index contributed by atoms with van der Waals surface area (Å²) in [5.74, 6) is 0.675. The quantitative estimate of drug-likeness (QED) is 0.668. The van der Waals surface area contributed by atoms with E-state index >= 15 is 0 Å². The van der Waals surface area contributed by atoms with Crippen molar-refractivity contribution in [1.82, 2.24) is 19.9 Å². The third kappa shape index (κ3) is 2.57. The van der Waals surface area contributed by atoms with E-state index in [9.17, 15) is 4.79 Å². The van der Waals surface area contributed by atoms with Gasteiger partial charge < -0.3 is 9.40 Å². The Morgan fingerprint density at radius 2 is 2.47 bits per heavy atom. The second kappa shape index (κ2) is 5.18. The summed E-state index contributed by atoms with van der Waals surface area (Å²) in [7, 11) is 0. The molecule has 0 unspecified atom stereocenters. The molecule has 0 bridgehead atoms. The van der Waals surface area contributed by atoms with Crippen LogP contribution in [0.5, 0.6) is 0 Å². The number of fused-ring (bicyclic) bond motifs is 1. The van der Waals surface area contributed by atoms with Gasteiger partial charge in [-0.3, -0.25) is 9.69 Å². The fraction of sp³-hybridized carbons (Fsp3) is 0.417. The average molecular weight is 278 g/mol. The highest BCUT2D eigenvalue weighted by molar-refractivity contribution is 7.98. The van der Waals surface area contributed by atoms with E-state index in [2.05, 4.69) is 19.9 Å². The summed E-state index contributed by atoms with van der Waals surface area (Å²) < 4.78 is 5.23. The molecule has 0 aliphatic carbocycles. The van der Waals surface area contributed by atoms with E-state index in [4.69, 9.17) is 4.42 Å². The fourth-order valence-electron chi connectivity index (χ4n) is 2.21. The molecule has 0 saturated carbocycles. The molecule has 0 saturated heterocycles. The normalized spacial score (nSPS) is 15.4. The third-order valence-electron chi connectivity index (χ3n) is 3.16. The molecule has 19 heavy (non-hydrogen) atoms. The minimum absolute atomic E-state index is 0.0357. The summed E-state index contributed by atoms with van der Waals surface area (Å²) in [6, 6.07) is 0. The van der Waals surface area contributed by atoms with Crippen LogP contribution >= 0.6 is 11.8 Å². The first-order chi connectivity index (χ1) is 9.26. The Labute approximate surface area is 114 Å². The van der Waals surface area contributed by atoms with Crippen LogP contribution in [-0.2, 0) is 19.5 Å². The van der Waals surface area contributed by atoms with Crippen LogP contribution in [0.2, 0.25) is 0 Å². The van der Waals surface area contributed by atoms with Crippen LogP contribution < -0.4 is 5.56 Å². The number of H-pyrrole nitrogens is 1. The molecular weight excluding hydrogens is 264 g/mol. The SMILES string of the molecule is CSc1nc2c(c(=O)[nH]1)CN(Cc1ncco1)CC2. The minimum Gasteiger partial charge on any atom is -0.448 e. The molecule has 2 aromatic rings. The van der Waals surface area contributed by atoms with Gasteiger partial charge in [-0.1, -0.05) is 11.8 Å². The van der Waals surface area contributed by atoms with Crippen LogP contribution in [0.25, 0.3) is 0 Å². The van der Waals surface area contributed by atoms with E-state index in [0.29, 0.717) is 24.1 Å². The van der Waals surface area contributed by atoms with Gasteiger partial charge in [0.25, 0.3) is 5.56 Å². The van der Waals surface area contributed by atoms with Gasteiger partial charge in [0.15, 0.2) is 5.16 Å². The summed E-state index contributed by atoms with van der Waals surface area (Å²) in [6.07, 6.45) is 5.88. The molecule has 1 N–H and O–H groups in total. The lowest BCUT2D eigenvalue weighted by molar-refractivity contribution is 0.217. The van der Waals surface area contributed by atoms with Crippen molar-refractivity contribution >= 4 is 11.8 Å². The molecule has 100 valence electrons. The zero-order valence-corrected chi connectivity index (χ0v) is 11.4. The molecule has 0 spiro atoms. The van der Waals surface area contributed by atoms with Crippen molar-refractivity contribution in [2.75, 3.05) is 12.8 Å². The Morgan fingerprint density at radius 3 is 3.21 bits per heavy atom. The Morgan fingerprint density at radius 1 is 1.58 bits per heavy atom. The molecule has 0 amide bonds. The maximum absolute atomic E-state index is 12.0. The third-order valence-corrected chi connectivity index (χ3v) is 3.74. The standard InChI is InChI=1S/C12H14N4O2S/c1-19-12-14-9-2-4-16(6-8(9)11(17)15-12)7-10-13-3-5-18-10/h3,5H,2,4,6-7H2,1H3,(H,14,15,17). The van der Waals surface area contributed by atoms with Crippen LogP contribution in [0.4, 0.5) is 0 Å². The van der Waals surface area contributed by atoms with Crippen LogP contribution in [-0.4, -0.2) is 32.7 Å². The minimum atomic E-state index is -0.0357. The Bertz CT molecular complexity index is 623. The van der Waals surface area contributed by atoms with Gasteiger partial charge in [-0.2, -0.15) is 0 Å². The van der Waals surface area contributed by atoms with E-state index < -0.39 is 0 Å². The lowest BCUT2D eigenvalue weighted by atomic mass is 10.1. The monoisotopic (exact) mass is 278 g/mol. The second-order valence-electron chi connectivity index (χ2n) is 4.39. The van der Waals surface area contributed by atoms with Crippen LogP contribution in [0.15, 0.2) is 26.8 Å². The Kier molecular flexibility index (Phi) is 3.39. The van der Waals surface area contributed by atoms with Crippen LogP contribution in [0, 0.1) is 0 Å². The number of aromatic amines is 1. The molecule has 3 rings (SSSR count). The molecular formula is C12H14N4O2S. The van der Waals surface area contributed by atoms with E-state index in [1.165, 1.54) is 11.8 Å². The maximum Gasteiger partial charge on any atom is 0.256 e. The first kappa shape index (κ1) is 12.4. The van der Waals surface area contributed by atoms with Crippen LogP contribution in [0.3, 0.4) is 0 Å². The zero-order chi connectivity index (χ0) is 13.2. The molecule has 0 atom stereocenters. The summed E-state index contributed by atoms with van der Waals surface area (Å²) in [5.41, 5.74) is 1.64. The van der Waals surface area contributed by atoms with Crippen LogP contribution in [0.1, 0.15) is 17.1 Å². The van der Waals surface area contributed by atoms with Gasteiger partial charge in [0.1, 0.15) is 6.26 Å². The van der Waals surface area contributed by atoms with Gasteiger partial charge in [-0.25, -0.2) is 9.97 Å². The number of hydrogen-bond acceptors (Lipinski definition) is 6.